The first-order valence-electron chi connectivity index (χ1n) is 9.95. The van der Waals surface area contributed by atoms with Gasteiger partial charge in [-0.25, -0.2) is 4.98 Å². The summed E-state index contributed by atoms with van der Waals surface area (Å²) in [6.07, 6.45) is 0. The third kappa shape index (κ3) is 3.38. The van der Waals surface area contributed by atoms with E-state index in [1.807, 2.05) is 54.6 Å². The van der Waals surface area contributed by atoms with Crippen LogP contribution in [-0.4, -0.2) is 15.9 Å². The highest BCUT2D eigenvalue weighted by atomic mass is 16.3. The molecule has 1 amide bonds. The number of rotatable bonds is 4. The van der Waals surface area contributed by atoms with Gasteiger partial charge in [0.2, 0.25) is 0 Å². The van der Waals surface area contributed by atoms with E-state index >= 15 is 0 Å². The fourth-order valence-corrected chi connectivity index (χ4v) is 3.70. The monoisotopic (exact) mass is 409 g/mol. The number of hydrogen-bond donors (Lipinski definition) is 2. The van der Waals surface area contributed by atoms with Gasteiger partial charge < -0.3 is 14.7 Å². The molecular formula is C25H19N3O3. The normalized spacial score (nSPS) is 11.1. The number of benzene rings is 3. The van der Waals surface area contributed by atoms with Crippen molar-refractivity contribution in [3.63, 3.8) is 0 Å². The van der Waals surface area contributed by atoms with Crippen LogP contribution < -0.4 is 10.7 Å². The van der Waals surface area contributed by atoms with Gasteiger partial charge >= 0.3 is 0 Å². The van der Waals surface area contributed by atoms with E-state index in [-0.39, 0.29) is 23.5 Å². The van der Waals surface area contributed by atoms with E-state index in [0.717, 1.165) is 16.6 Å². The minimum atomic E-state index is -0.336. The maximum atomic E-state index is 13.0. The molecule has 2 heterocycles. The summed E-state index contributed by atoms with van der Waals surface area (Å²) in [5.41, 5.74) is 3.49. The van der Waals surface area contributed by atoms with Crippen LogP contribution >= 0.6 is 0 Å². The number of hydrogen-bond acceptors (Lipinski definition) is 4. The molecule has 0 saturated heterocycles. The topological polar surface area (TPSA) is 88.0 Å². The second kappa shape index (κ2) is 7.57. The van der Waals surface area contributed by atoms with Gasteiger partial charge in [-0.3, -0.25) is 9.59 Å². The Bertz CT molecular complexity index is 1450. The lowest BCUT2D eigenvalue weighted by Crippen LogP contribution is -2.24. The van der Waals surface area contributed by atoms with Crippen molar-refractivity contribution in [2.45, 2.75) is 13.5 Å². The molecule has 0 unspecified atom stereocenters. The van der Waals surface area contributed by atoms with Crippen LogP contribution in [0.1, 0.15) is 21.7 Å². The Labute approximate surface area is 177 Å². The number of nitrogens with one attached hydrogen (secondary N) is 2. The van der Waals surface area contributed by atoms with Gasteiger partial charge in [0.15, 0.2) is 11.0 Å². The molecule has 2 N–H and O–H groups in total. The summed E-state index contributed by atoms with van der Waals surface area (Å²) < 4.78 is 6.13. The molecule has 0 spiro atoms. The average Bonchev–Trinajstić information content (AvgIpc) is 3.23. The summed E-state index contributed by atoms with van der Waals surface area (Å²) in [7, 11) is 0. The van der Waals surface area contributed by atoms with Crippen molar-refractivity contribution in [2.24, 2.45) is 0 Å². The van der Waals surface area contributed by atoms with Gasteiger partial charge in [-0.15, -0.1) is 0 Å². The van der Waals surface area contributed by atoms with Crippen LogP contribution in [-0.2, 0) is 6.54 Å². The largest absolute Gasteiger partial charge is 0.455 e. The minimum Gasteiger partial charge on any atom is -0.455 e. The van der Waals surface area contributed by atoms with Gasteiger partial charge in [-0.2, -0.15) is 0 Å². The van der Waals surface area contributed by atoms with E-state index in [9.17, 15) is 9.59 Å². The summed E-state index contributed by atoms with van der Waals surface area (Å²) in [5.74, 6) is 0.782. The molecule has 0 aliphatic heterocycles. The molecule has 5 aromatic rings. The zero-order chi connectivity index (χ0) is 21.4. The summed E-state index contributed by atoms with van der Waals surface area (Å²) in [6, 6.07) is 22.1. The van der Waals surface area contributed by atoms with Gasteiger partial charge in [0.25, 0.3) is 5.91 Å². The first kappa shape index (κ1) is 18.8. The van der Waals surface area contributed by atoms with Crippen molar-refractivity contribution < 1.29 is 9.21 Å². The highest BCUT2D eigenvalue weighted by Gasteiger charge is 2.18. The van der Waals surface area contributed by atoms with Crippen molar-refractivity contribution in [1.82, 2.24) is 15.3 Å². The smallest absolute Gasteiger partial charge is 0.255 e. The van der Waals surface area contributed by atoms with Crippen LogP contribution in [0.5, 0.6) is 0 Å². The summed E-state index contributed by atoms with van der Waals surface area (Å²) in [5, 5.41) is 3.25. The SMILES string of the molecule is Cc1c(-c2ccccc2)oc2c(C(=O)NCc3nc4ccccc4[nH]3)cccc2c1=O. The second-order valence-corrected chi connectivity index (χ2v) is 7.32. The lowest BCUT2D eigenvalue weighted by molar-refractivity contribution is 0.0950. The average molecular weight is 409 g/mol. The van der Waals surface area contributed by atoms with Crippen LogP contribution in [0.25, 0.3) is 33.3 Å². The molecule has 5 rings (SSSR count). The Morgan fingerprint density at radius 3 is 2.58 bits per heavy atom. The highest BCUT2D eigenvalue weighted by Crippen LogP contribution is 2.27. The first-order valence-corrected chi connectivity index (χ1v) is 9.95. The number of H-pyrrole nitrogens is 1. The van der Waals surface area contributed by atoms with Crippen LogP contribution in [0.2, 0.25) is 0 Å². The van der Waals surface area contributed by atoms with Gasteiger partial charge in [0, 0.05) is 11.1 Å². The fourth-order valence-electron chi connectivity index (χ4n) is 3.70. The van der Waals surface area contributed by atoms with Gasteiger partial charge in [-0.1, -0.05) is 48.5 Å². The van der Waals surface area contributed by atoms with Crippen molar-refractivity contribution in [3.05, 3.63) is 100.0 Å². The lowest BCUT2D eigenvalue weighted by atomic mass is 10.0. The fraction of sp³-hybridized carbons (Fsp3) is 0.0800. The van der Waals surface area contributed by atoms with E-state index in [1.165, 1.54) is 0 Å². The summed E-state index contributed by atoms with van der Waals surface area (Å²) >= 11 is 0. The zero-order valence-electron chi connectivity index (χ0n) is 16.8. The standard InChI is InChI=1S/C25H19N3O3/c1-15-22(29)17-10-7-11-18(24(17)31-23(15)16-8-3-2-4-9-16)25(30)26-14-21-27-19-12-5-6-13-20(19)28-21/h2-13H,14H2,1H3,(H,26,30)(H,27,28). The van der Waals surface area contributed by atoms with Crippen LogP contribution in [0.3, 0.4) is 0 Å². The van der Waals surface area contributed by atoms with Crippen LogP contribution in [0.15, 0.2) is 82.0 Å². The van der Waals surface area contributed by atoms with E-state index in [4.69, 9.17) is 4.42 Å². The number of para-hydroxylation sites is 3. The molecule has 0 aliphatic carbocycles. The number of fused-ring (bicyclic) bond motifs is 2. The minimum absolute atomic E-state index is 0.146. The molecule has 0 saturated carbocycles. The van der Waals surface area contributed by atoms with Crippen molar-refractivity contribution in [3.8, 4) is 11.3 Å². The molecule has 0 fully saturated rings. The van der Waals surface area contributed by atoms with Crippen molar-refractivity contribution in [2.75, 3.05) is 0 Å². The number of amides is 1. The Balaban J connectivity index is 1.52. The first-order chi connectivity index (χ1) is 15.1. The maximum absolute atomic E-state index is 13.0. The lowest BCUT2D eigenvalue weighted by Gasteiger charge is -2.10. The third-order valence-electron chi connectivity index (χ3n) is 5.28. The maximum Gasteiger partial charge on any atom is 0.255 e. The quantitative estimate of drug-likeness (QED) is 0.455. The van der Waals surface area contributed by atoms with Crippen LogP contribution in [0, 0.1) is 6.92 Å². The summed E-state index contributed by atoms with van der Waals surface area (Å²) in [4.78, 5) is 33.6. The van der Waals surface area contributed by atoms with E-state index in [1.54, 1.807) is 25.1 Å². The van der Waals surface area contributed by atoms with Crippen LogP contribution in [0.4, 0.5) is 0 Å². The van der Waals surface area contributed by atoms with Gasteiger partial charge in [0.1, 0.15) is 11.6 Å². The molecule has 6 nitrogen and oxygen atoms in total. The highest BCUT2D eigenvalue weighted by molar-refractivity contribution is 6.05. The molecule has 152 valence electrons. The Kier molecular flexibility index (Phi) is 4.59. The van der Waals surface area contributed by atoms with Gasteiger partial charge in [-0.05, 0) is 31.2 Å². The van der Waals surface area contributed by atoms with Crippen molar-refractivity contribution in [1.29, 1.82) is 0 Å². The molecule has 0 aliphatic rings. The predicted octanol–water partition coefficient (Wildman–Crippen LogP) is 4.57. The number of aromatic nitrogens is 2. The molecule has 31 heavy (non-hydrogen) atoms. The summed E-state index contributed by atoms with van der Waals surface area (Å²) in [6.45, 7) is 1.97. The molecule has 3 aromatic carbocycles. The van der Waals surface area contributed by atoms with E-state index < -0.39 is 0 Å². The third-order valence-corrected chi connectivity index (χ3v) is 5.28. The Hall–Kier alpha value is -4.19. The zero-order valence-corrected chi connectivity index (χ0v) is 16.8. The number of carbonyl (C=O) groups is 1. The molecule has 0 bridgehead atoms. The molecule has 6 heteroatoms. The van der Waals surface area contributed by atoms with Gasteiger partial charge in [0.05, 0.1) is 28.5 Å². The van der Waals surface area contributed by atoms with E-state index in [0.29, 0.717) is 28.1 Å². The Morgan fingerprint density at radius 1 is 1.00 bits per heavy atom. The molecule has 2 aromatic heterocycles. The van der Waals surface area contributed by atoms with Crippen molar-refractivity contribution >= 4 is 27.9 Å². The van der Waals surface area contributed by atoms with E-state index in [2.05, 4.69) is 15.3 Å². The molecular weight excluding hydrogens is 390 g/mol. The Morgan fingerprint density at radius 2 is 1.77 bits per heavy atom. The number of carbonyl (C=O) groups excluding carboxylic acids is 1. The number of aromatic amines is 1. The number of nitrogens with zero attached hydrogens (tertiary/aromatic N) is 1. The predicted molar refractivity (Wildman–Crippen MR) is 120 cm³/mol. The number of imidazole rings is 1. The molecule has 0 radical (unpaired) electrons. The molecule has 0 atom stereocenters. The second-order valence-electron chi connectivity index (χ2n) is 7.32.